The van der Waals surface area contributed by atoms with Crippen LogP contribution in [-0.2, 0) is 13.5 Å². The Morgan fingerprint density at radius 1 is 1.33 bits per heavy atom. The first-order valence-corrected chi connectivity index (χ1v) is 6.76. The third kappa shape index (κ3) is 2.67. The van der Waals surface area contributed by atoms with Gasteiger partial charge in [0.25, 0.3) is 0 Å². The Labute approximate surface area is 121 Å². The molecule has 2 heterocycles. The van der Waals surface area contributed by atoms with Gasteiger partial charge in [0, 0.05) is 19.4 Å². The molecule has 0 saturated carbocycles. The zero-order chi connectivity index (χ0) is 13.3. The monoisotopic (exact) mass is 372 g/mol. The molecule has 18 heavy (non-hydrogen) atoms. The minimum Gasteiger partial charge on any atom is -0.318 e. The molecular weight excluding hydrogens is 364 g/mol. The molecule has 0 N–H and O–H groups in total. The summed E-state index contributed by atoms with van der Waals surface area (Å²) in [6.45, 7) is 1.85. The van der Waals surface area contributed by atoms with E-state index in [4.69, 9.17) is 0 Å². The number of aryl methyl sites for hydroxylation is 1. The maximum absolute atomic E-state index is 12.2. The number of Topliss-reactive ketones (excluding diaryl/α,β-unsaturated/α-hetero) is 1. The highest BCUT2D eigenvalue weighted by Crippen LogP contribution is 2.21. The Morgan fingerprint density at radius 2 is 2.06 bits per heavy atom. The van der Waals surface area contributed by atoms with Crippen LogP contribution < -0.4 is 0 Å². The lowest BCUT2D eigenvalue weighted by molar-refractivity contribution is 0.0983. The molecule has 2 aromatic rings. The second-order valence-corrected chi connectivity index (χ2v) is 5.29. The van der Waals surface area contributed by atoms with E-state index in [1.165, 1.54) is 0 Å². The average Bonchev–Trinajstić information content (AvgIpc) is 2.56. The number of ketones is 1. The van der Waals surface area contributed by atoms with Crippen LogP contribution in [0.4, 0.5) is 0 Å². The molecule has 2 aromatic heterocycles. The highest BCUT2D eigenvalue weighted by atomic mass is 79.9. The lowest BCUT2D eigenvalue weighted by Gasteiger charge is -2.03. The third-order valence-electron chi connectivity index (χ3n) is 2.44. The summed E-state index contributed by atoms with van der Waals surface area (Å²) in [6, 6.07) is 0. The van der Waals surface area contributed by atoms with Crippen molar-refractivity contribution in [2.24, 2.45) is 7.05 Å². The van der Waals surface area contributed by atoms with Gasteiger partial charge in [0.15, 0.2) is 10.5 Å². The van der Waals surface area contributed by atoms with Crippen LogP contribution in [0, 0.1) is 6.92 Å². The van der Waals surface area contributed by atoms with Gasteiger partial charge < -0.3 is 4.57 Å². The molecule has 0 unspecified atom stereocenters. The van der Waals surface area contributed by atoms with E-state index in [0.717, 1.165) is 5.69 Å². The number of hydrogen-bond donors (Lipinski definition) is 0. The Kier molecular flexibility index (Phi) is 3.91. The summed E-state index contributed by atoms with van der Waals surface area (Å²) in [4.78, 5) is 24.6. The molecule has 0 aliphatic carbocycles. The predicted octanol–water partition coefficient (Wildman–Crippen LogP) is 2.47. The number of hydrogen-bond acceptors (Lipinski definition) is 4. The van der Waals surface area contributed by atoms with Crippen LogP contribution in [0.2, 0.25) is 0 Å². The number of aromatic nitrogens is 4. The van der Waals surface area contributed by atoms with Crippen molar-refractivity contribution in [3.05, 3.63) is 38.8 Å². The highest BCUT2D eigenvalue weighted by Gasteiger charge is 2.19. The smallest absolute Gasteiger partial charge is 0.188 e. The van der Waals surface area contributed by atoms with Crippen molar-refractivity contribution in [1.29, 1.82) is 0 Å². The second kappa shape index (κ2) is 5.27. The fourth-order valence-electron chi connectivity index (χ4n) is 1.50. The molecule has 0 atom stereocenters. The van der Waals surface area contributed by atoms with Gasteiger partial charge in [-0.25, -0.2) is 4.98 Å². The molecule has 0 aromatic carbocycles. The van der Waals surface area contributed by atoms with E-state index in [1.807, 2.05) is 6.92 Å². The quantitative estimate of drug-likeness (QED) is 0.775. The lowest BCUT2D eigenvalue weighted by atomic mass is 10.2. The molecule has 0 amide bonds. The molecule has 0 aliphatic heterocycles. The number of halogens is 2. The summed E-state index contributed by atoms with van der Waals surface area (Å²) >= 11 is 6.55. The van der Waals surface area contributed by atoms with Gasteiger partial charge in [0.05, 0.1) is 17.8 Å². The van der Waals surface area contributed by atoms with Crippen molar-refractivity contribution in [3.8, 4) is 0 Å². The fourth-order valence-corrected chi connectivity index (χ4v) is 2.75. The Bertz CT molecular complexity index is 592. The Morgan fingerprint density at radius 3 is 2.56 bits per heavy atom. The van der Waals surface area contributed by atoms with Gasteiger partial charge >= 0.3 is 0 Å². The first-order chi connectivity index (χ1) is 8.49. The van der Waals surface area contributed by atoms with E-state index < -0.39 is 0 Å². The summed E-state index contributed by atoms with van der Waals surface area (Å²) in [5.74, 6) is -0.0549. The molecular formula is C11H10Br2N4O. The summed E-state index contributed by atoms with van der Waals surface area (Å²) in [5, 5.41) is 0. The largest absolute Gasteiger partial charge is 0.318 e. The molecule has 7 heteroatoms. The van der Waals surface area contributed by atoms with Gasteiger partial charge in [0.1, 0.15) is 10.3 Å². The van der Waals surface area contributed by atoms with Crippen LogP contribution in [-0.4, -0.2) is 25.3 Å². The second-order valence-electron chi connectivity index (χ2n) is 3.83. The third-order valence-corrected chi connectivity index (χ3v) is 3.70. The average molecular weight is 374 g/mol. The van der Waals surface area contributed by atoms with Gasteiger partial charge in [-0.2, -0.15) is 0 Å². The summed E-state index contributed by atoms with van der Waals surface area (Å²) in [5.41, 5.74) is 2.00. The van der Waals surface area contributed by atoms with Crippen molar-refractivity contribution < 1.29 is 4.79 Å². The van der Waals surface area contributed by atoms with Crippen LogP contribution in [0.3, 0.4) is 0 Å². The molecule has 0 spiro atoms. The maximum atomic E-state index is 12.2. The van der Waals surface area contributed by atoms with E-state index in [-0.39, 0.29) is 12.2 Å². The van der Waals surface area contributed by atoms with Crippen molar-refractivity contribution in [2.75, 3.05) is 0 Å². The molecule has 94 valence electrons. The lowest BCUT2D eigenvalue weighted by Crippen LogP contribution is -2.11. The number of nitrogens with zero attached hydrogens (tertiary/aromatic N) is 4. The number of rotatable bonds is 3. The summed E-state index contributed by atoms with van der Waals surface area (Å²) < 4.78 is 2.82. The maximum Gasteiger partial charge on any atom is 0.188 e. The van der Waals surface area contributed by atoms with Crippen molar-refractivity contribution in [1.82, 2.24) is 19.5 Å². The molecule has 0 radical (unpaired) electrons. The van der Waals surface area contributed by atoms with Crippen LogP contribution in [0.5, 0.6) is 0 Å². The topological polar surface area (TPSA) is 60.7 Å². The number of imidazole rings is 1. The summed E-state index contributed by atoms with van der Waals surface area (Å²) in [6.07, 6.45) is 3.47. The van der Waals surface area contributed by atoms with Crippen LogP contribution in [0.25, 0.3) is 0 Å². The van der Waals surface area contributed by atoms with E-state index in [9.17, 15) is 4.79 Å². The van der Waals surface area contributed by atoms with E-state index in [1.54, 1.807) is 24.0 Å². The minimum absolute atomic E-state index is 0.0549. The van der Waals surface area contributed by atoms with Crippen LogP contribution in [0.1, 0.15) is 21.9 Å². The fraction of sp³-hybridized carbons (Fsp3) is 0.273. The molecule has 0 bridgehead atoms. The minimum atomic E-state index is -0.0549. The van der Waals surface area contributed by atoms with E-state index >= 15 is 0 Å². The zero-order valence-electron chi connectivity index (χ0n) is 9.81. The van der Waals surface area contributed by atoms with Crippen molar-refractivity contribution in [2.45, 2.75) is 13.3 Å². The van der Waals surface area contributed by atoms with Gasteiger partial charge in [-0.05, 0) is 38.8 Å². The summed E-state index contributed by atoms with van der Waals surface area (Å²) in [7, 11) is 1.77. The Balaban J connectivity index is 2.24. The SMILES string of the molecule is Cc1cnc(CC(=O)c2c(Br)nc(Br)n2C)cn1. The van der Waals surface area contributed by atoms with E-state index in [0.29, 0.717) is 20.7 Å². The van der Waals surface area contributed by atoms with Crippen molar-refractivity contribution >= 4 is 37.6 Å². The first-order valence-electron chi connectivity index (χ1n) is 5.17. The van der Waals surface area contributed by atoms with Crippen molar-refractivity contribution in [3.63, 3.8) is 0 Å². The first kappa shape index (κ1) is 13.4. The van der Waals surface area contributed by atoms with Gasteiger partial charge in [-0.15, -0.1) is 0 Å². The van der Waals surface area contributed by atoms with Crippen LogP contribution in [0.15, 0.2) is 21.7 Å². The molecule has 0 aliphatic rings. The molecule has 0 saturated heterocycles. The van der Waals surface area contributed by atoms with Gasteiger partial charge in [-0.1, -0.05) is 0 Å². The normalized spacial score (nSPS) is 10.7. The van der Waals surface area contributed by atoms with Gasteiger partial charge in [-0.3, -0.25) is 14.8 Å². The van der Waals surface area contributed by atoms with Crippen LogP contribution >= 0.6 is 31.9 Å². The Hall–Kier alpha value is -1.08. The standard InChI is InChI=1S/C11H10Br2N4O/c1-6-4-15-7(5-14-6)3-8(18)9-10(12)16-11(13)17(9)2/h4-5H,3H2,1-2H3. The predicted molar refractivity (Wildman–Crippen MR) is 73.4 cm³/mol. The molecule has 2 rings (SSSR count). The molecule has 5 nitrogen and oxygen atoms in total. The zero-order valence-corrected chi connectivity index (χ0v) is 13.0. The highest BCUT2D eigenvalue weighted by molar-refractivity contribution is 9.11. The van der Waals surface area contributed by atoms with E-state index in [2.05, 4.69) is 46.8 Å². The van der Waals surface area contributed by atoms with Gasteiger partial charge in [0.2, 0.25) is 0 Å². The molecule has 0 fully saturated rings. The number of carbonyl (C=O) groups is 1. The number of carbonyl (C=O) groups excluding carboxylic acids is 1.